The second-order valence-corrected chi connectivity index (χ2v) is 10.3. The lowest BCUT2D eigenvalue weighted by molar-refractivity contribution is -0.0416. The Morgan fingerprint density at radius 2 is 1.32 bits per heavy atom. The molecule has 0 saturated carbocycles. The van der Waals surface area contributed by atoms with Crippen molar-refractivity contribution in [2.45, 2.75) is 43.2 Å². The molecule has 1 aromatic heterocycles. The summed E-state index contributed by atoms with van der Waals surface area (Å²) in [6, 6.07) is 32.2. The van der Waals surface area contributed by atoms with Crippen LogP contribution in [0.5, 0.6) is 5.88 Å². The number of ether oxygens (including phenoxy) is 2. The van der Waals surface area contributed by atoms with E-state index >= 15 is 0 Å². The van der Waals surface area contributed by atoms with E-state index in [0.29, 0.717) is 0 Å². The zero-order valence-electron chi connectivity index (χ0n) is 22.8. The van der Waals surface area contributed by atoms with E-state index in [2.05, 4.69) is 111 Å². The first-order valence-corrected chi connectivity index (χ1v) is 13.8. The van der Waals surface area contributed by atoms with Gasteiger partial charge in [-0.3, -0.25) is 4.90 Å². The molecule has 0 unspecified atom stereocenters. The molecule has 2 aliphatic heterocycles. The third-order valence-electron chi connectivity index (χ3n) is 8.04. The molecular formula is C33H35F2N3O2. The highest BCUT2D eigenvalue weighted by atomic mass is 19.3. The Morgan fingerprint density at radius 3 is 1.75 bits per heavy atom. The Kier molecular flexibility index (Phi) is 8.82. The van der Waals surface area contributed by atoms with Crippen LogP contribution in [0.25, 0.3) is 0 Å². The first kappa shape index (κ1) is 27.9. The van der Waals surface area contributed by atoms with Gasteiger partial charge in [0.1, 0.15) is 11.9 Å². The zero-order chi connectivity index (χ0) is 27.8. The van der Waals surface area contributed by atoms with E-state index in [1.54, 1.807) is 0 Å². The van der Waals surface area contributed by atoms with E-state index in [-0.39, 0.29) is 17.0 Å². The lowest BCUT2D eigenvalue weighted by Gasteiger charge is -2.40. The molecule has 0 atom stereocenters. The van der Waals surface area contributed by atoms with Gasteiger partial charge in [0.25, 0.3) is 6.43 Å². The van der Waals surface area contributed by atoms with E-state index in [9.17, 15) is 8.78 Å². The van der Waals surface area contributed by atoms with Gasteiger partial charge in [0.05, 0.1) is 19.3 Å². The molecular weight excluding hydrogens is 508 g/mol. The standard InChI is InChI=1S/C27H29NO.C6H6F2N2O/c1-4-12-23(13-5-1)27(24-14-6-2-7-15-24,25-16-8-3-9-17-25)29-22-26-18-10-20-28(26)21-11-19-26;1-11-6-4(5(7)8)2-9-3-10-6/h1-9,12-17H,10-11,18-22H2;2-3,5H,1H3. The van der Waals surface area contributed by atoms with Crippen LogP contribution in [0.1, 0.15) is 54.4 Å². The largest absolute Gasteiger partial charge is 0.481 e. The highest BCUT2D eigenvalue weighted by Gasteiger charge is 2.47. The predicted molar refractivity (Wildman–Crippen MR) is 151 cm³/mol. The summed E-state index contributed by atoms with van der Waals surface area (Å²) in [5.74, 6) is -0.0741. The number of rotatable bonds is 8. The summed E-state index contributed by atoms with van der Waals surface area (Å²) < 4.78 is 35.8. The second-order valence-electron chi connectivity index (χ2n) is 10.3. The molecule has 208 valence electrons. The van der Waals surface area contributed by atoms with Gasteiger partial charge in [-0.15, -0.1) is 0 Å². The van der Waals surface area contributed by atoms with Crippen molar-refractivity contribution >= 4 is 0 Å². The molecule has 3 heterocycles. The highest BCUT2D eigenvalue weighted by molar-refractivity contribution is 5.47. The van der Waals surface area contributed by atoms with Crippen LogP contribution in [0.2, 0.25) is 0 Å². The number of hydrogen-bond donors (Lipinski definition) is 0. The Hall–Kier alpha value is -3.68. The summed E-state index contributed by atoms with van der Waals surface area (Å²) in [6.45, 7) is 3.21. The van der Waals surface area contributed by atoms with Crippen molar-refractivity contribution in [2.24, 2.45) is 0 Å². The first-order chi connectivity index (χ1) is 19.6. The fourth-order valence-corrected chi connectivity index (χ4v) is 6.12. The van der Waals surface area contributed by atoms with Crippen LogP contribution in [0.15, 0.2) is 104 Å². The van der Waals surface area contributed by atoms with Crippen LogP contribution in [0, 0.1) is 0 Å². The van der Waals surface area contributed by atoms with Gasteiger partial charge in [-0.2, -0.15) is 0 Å². The topological polar surface area (TPSA) is 47.5 Å². The zero-order valence-corrected chi connectivity index (χ0v) is 22.8. The average Bonchev–Trinajstić information content (AvgIpc) is 3.60. The summed E-state index contributed by atoms with van der Waals surface area (Å²) in [5.41, 5.74) is 2.90. The number of aromatic nitrogens is 2. The normalized spacial score (nSPS) is 16.3. The molecule has 0 N–H and O–H groups in total. The van der Waals surface area contributed by atoms with Gasteiger partial charge >= 0.3 is 0 Å². The number of alkyl halides is 2. The summed E-state index contributed by atoms with van der Waals surface area (Å²) in [6.07, 6.45) is 4.69. The molecule has 0 aliphatic carbocycles. The number of nitrogens with zero attached hydrogens (tertiary/aromatic N) is 3. The number of hydrogen-bond acceptors (Lipinski definition) is 5. The number of methoxy groups -OCH3 is 1. The van der Waals surface area contributed by atoms with Gasteiger partial charge in [-0.25, -0.2) is 18.7 Å². The van der Waals surface area contributed by atoms with Gasteiger partial charge in [0.15, 0.2) is 0 Å². The molecule has 3 aromatic carbocycles. The van der Waals surface area contributed by atoms with Crippen molar-refractivity contribution < 1.29 is 18.3 Å². The SMILES string of the molecule is COc1ncncc1C(F)F.c1ccc(C(OCC23CCCN2CCC3)(c2ccccc2)c2ccccc2)cc1. The summed E-state index contributed by atoms with van der Waals surface area (Å²) in [4.78, 5) is 9.63. The quantitative estimate of drug-likeness (QED) is 0.223. The minimum atomic E-state index is -2.59. The smallest absolute Gasteiger partial charge is 0.270 e. The maximum absolute atomic E-state index is 12.1. The fourth-order valence-electron chi connectivity index (χ4n) is 6.12. The Labute approximate surface area is 234 Å². The molecule has 2 aliphatic rings. The Morgan fingerprint density at radius 1 is 0.825 bits per heavy atom. The van der Waals surface area contributed by atoms with Crippen LogP contribution in [0.3, 0.4) is 0 Å². The van der Waals surface area contributed by atoms with Crippen LogP contribution >= 0.6 is 0 Å². The highest BCUT2D eigenvalue weighted by Crippen LogP contribution is 2.45. The molecule has 0 amide bonds. The summed E-state index contributed by atoms with van der Waals surface area (Å²) in [5, 5.41) is 0. The predicted octanol–water partition coefficient (Wildman–Crippen LogP) is 7.05. The van der Waals surface area contributed by atoms with E-state index < -0.39 is 12.0 Å². The minimum absolute atomic E-state index is 0.0741. The van der Waals surface area contributed by atoms with Crippen molar-refractivity contribution in [1.82, 2.24) is 14.9 Å². The van der Waals surface area contributed by atoms with E-state index in [1.807, 2.05) is 0 Å². The van der Waals surface area contributed by atoms with Gasteiger partial charge in [0.2, 0.25) is 5.88 Å². The van der Waals surface area contributed by atoms with Gasteiger partial charge in [-0.05, 0) is 55.5 Å². The second kappa shape index (κ2) is 12.7. The van der Waals surface area contributed by atoms with Gasteiger partial charge < -0.3 is 9.47 Å². The average molecular weight is 544 g/mol. The Bertz CT molecular complexity index is 1230. The van der Waals surface area contributed by atoms with Crippen LogP contribution in [0.4, 0.5) is 8.78 Å². The van der Waals surface area contributed by atoms with Crippen molar-refractivity contribution in [3.8, 4) is 5.88 Å². The molecule has 40 heavy (non-hydrogen) atoms. The van der Waals surface area contributed by atoms with E-state index in [4.69, 9.17) is 4.74 Å². The van der Waals surface area contributed by atoms with Crippen LogP contribution in [-0.2, 0) is 10.3 Å². The van der Waals surface area contributed by atoms with E-state index in [1.165, 1.54) is 62.6 Å². The molecule has 2 fully saturated rings. The van der Waals surface area contributed by atoms with Gasteiger partial charge in [-0.1, -0.05) is 91.0 Å². The third-order valence-corrected chi connectivity index (χ3v) is 8.04. The molecule has 5 nitrogen and oxygen atoms in total. The van der Waals surface area contributed by atoms with Crippen molar-refractivity contribution in [1.29, 1.82) is 0 Å². The molecule has 2 saturated heterocycles. The van der Waals surface area contributed by atoms with Crippen molar-refractivity contribution in [3.63, 3.8) is 0 Å². The van der Waals surface area contributed by atoms with Crippen LogP contribution in [-0.4, -0.2) is 47.2 Å². The monoisotopic (exact) mass is 543 g/mol. The van der Waals surface area contributed by atoms with Crippen molar-refractivity contribution in [2.75, 3.05) is 26.8 Å². The lowest BCUT2D eigenvalue weighted by atomic mass is 9.79. The number of fused-ring (bicyclic) bond motifs is 1. The van der Waals surface area contributed by atoms with Crippen LogP contribution < -0.4 is 4.74 Å². The minimum Gasteiger partial charge on any atom is -0.481 e. The number of halogens is 2. The molecule has 7 heteroatoms. The first-order valence-electron chi connectivity index (χ1n) is 13.8. The molecule has 4 aromatic rings. The molecule has 0 bridgehead atoms. The maximum atomic E-state index is 12.1. The number of benzene rings is 3. The molecule has 0 radical (unpaired) electrons. The summed E-state index contributed by atoms with van der Waals surface area (Å²) in [7, 11) is 1.29. The van der Waals surface area contributed by atoms with Gasteiger partial charge in [0, 0.05) is 11.7 Å². The maximum Gasteiger partial charge on any atom is 0.270 e. The fraction of sp³-hybridized carbons (Fsp3) is 0.333. The van der Waals surface area contributed by atoms with Crippen molar-refractivity contribution in [3.05, 3.63) is 126 Å². The third kappa shape index (κ3) is 5.62. The lowest BCUT2D eigenvalue weighted by Crippen LogP contribution is -2.46. The summed E-state index contributed by atoms with van der Waals surface area (Å²) >= 11 is 0. The van der Waals surface area contributed by atoms with E-state index in [0.717, 1.165) is 19.1 Å². The molecule has 0 spiro atoms. The molecule has 6 rings (SSSR count). The Balaban J connectivity index is 0.000000248.